The number of rotatable bonds is 5. The van der Waals surface area contributed by atoms with Crippen LogP contribution in [0.3, 0.4) is 0 Å². The molecule has 1 fully saturated rings. The fourth-order valence-corrected chi connectivity index (χ4v) is 3.46. The van der Waals surface area contributed by atoms with E-state index in [0.717, 1.165) is 5.92 Å². The van der Waals surface area contributed by atoms with Crippen LogP contribution in [-0.4, -0.2) is 12.6 Å². The van der Waals surface area contributed by atoms with E-state index >= 15 is 0 Å². The highest BCUT2D eigenvalue weighted by Crippen LogP contribution is 2.32. The lowest BCUT2D eigenvalue weighted by molar-refractivity contribution is -0.0366. The lowest BCUT2D eigenvalue weighted by Gasteiger charge is -2.31. The van der Waals surface area contributed by atoms with Gasteiger partial charge in [0.25, 0.3) is 0 Å². The smallest absolute Gasteiger partial charge is 0.104 e. The summed E-state index contributed by atoms with van der Waals surface area (Å²) in [5.74, 6) is 0.857. The monoisotopic (exact) mass is 253 g/mol. The van der Waals surface area contributed by atoms with Crippen molar-refractivity contribution in [3.63, 3.8) is 0 Å². The largest absolute Gasteiger partial charge is 0.368 e. The highest BCUT2D eigenvalue weighted by Gasteiger charge is 2.24. The molecule has 1 aliphatic carbocycles. The first-order valence-corrected chi connectivity index (χ1v) is 7.60. The van der Waals surface area contributed by atoms with Crippen molar-refractivity contribution in [1.82, 2.24) is 0 Å². The van der Waals surface area contributed by atoms with Crippen LogP contribution in [0.2, 0.25) is 0 Å². The zero-order valence-corrected chi connectivity index (χ0v) is 11.4. The minimum atomic E-state index is 0.107. The van der Waals surface area contributed by atoms with Crippen molar-refractivity contribution in [1.29, 1.82) is 0 Å². The van der Waals surface area contributed by atoms with Crippen molar-refractivity contribution in [3.05, 3.63) is 22.4 Å². The Balaban J connectivity index is 1.90. The van der Waals surface area contributed by atoms with Crippen LogP contribution < -0.4 is 5.73 Å². The van der Waals surface area contributed by atoms with E-state index in [1.165, 1.54) is 37.0 Å². The molecule has 0 aliphatic heterocycles. The maximum Gasteiger partial charge on any atom is 0.104 e. The Morgan fingerprint density at radius 3 is 3.06 bits per heavy atom. The van der Waals surface area contributed by atoms with Crippen LogP contribution in [0.1, 0.15) is 50.0 Å². The van der Waals surface area contributed by atoms with Gasteiger partial charge in [-0.3, -0.25) is 0 Å². The van der Waals surface area contributed by atoms with Crippen molar-refractivity contribution in [3.8, 4) is 0 Å². The summed E-state index contributed by atoms with van der Waals surface area (Å²) in [6.07, 6.45) is 6.93. The van der Waals surface area contributed by atoms with E-state index in [2.05, 4.69) is 24.4 Å². The van der Waals surface area contributed by atoms with Gasteiger partial charge in [0.2, 0.25) is 0 Å². The molecule has 1 heterocycles. The highest BCUT2D eigenvalue weighted by molar-refractivity contribution is 7.10. The maximum absolute atomic E-state index is 6.20. The summed E-state index contributed by atoms with van der Waals surface area (Å²) >= 11 is 1.75. The first kappa shape index (κ1) is 13.1. The first-order chi connectivity index (χ1) is 8.33. The van der Waals surface area contributed by atoms with Crippen molar-refractivity contribution in [2.45, 2.75) is 51.2 Å². The normalized spacial score (nSPS) is 26.9. The molecule has 3 heteroatoms. The van der Waals surface area contributed by atoms with Gasteiger partial charge in [-0.05, 0) is 30.2 Å². The summed E-state index contributed by atoms with van der Waals surface area (Å²) in [7, 11) is 0. The van der Waals surface area contributed by atoms with E-state index in [1.807, 2.05) is 0 Å². The van der Waals surface area contributed by atoms with Crippen LogP contribution in [0.15, 0.2) is 17.5 Å². The Bertz CT molecular complexity index is 312. The van der Waals surface area contributed by atoms with Gasteiger partial charge in [0.1, 0.15) is 6.10 Å². The molecule has 2 rings (SSSR count). The van der Waals surface area contributed by atoms with Crippen LogP contribution in [-0.2, 0) is 4.74 Å². The number of nitrogens with two attached hydrogens (primary N) is 1. The molecule has 0 radical (unpaired) electrons. The van der Waals surface area contributed by atoms with Crippen LogP contribution in [0.4, 0.5) is 0 Å². The van der Waals surface area contributed by atoms with Crippen LogP contribution >= 0.6 is 11.3 Å². The Morgan fingerprint density at radius 1 is 1.53 bits per heavy atom. The van der Waals surface area contributed by atoms with Gasteiger partial charge in [0.15, 0.2) is 0 Å². The summed E-state index contributed by atoms with van der Waals surface area (Å²) in [5, 5.41) is 2.09. The molecule has 0 amide bonds. The predicted octanol–water partition coefficient (Wildman–Crippen LogP) is 3.73. The topological polar surface area (TPSA) is 35.2 Å². The molecule has 0 saturated heterocycles. The van der Waals surface area contributed by atoms with Crippen LogP contribution in [0.25, 0.3) is 0 Å². The Labute approximate surface area is 108 Å². The van der Waals surface area contributed by atoms with Crippen molar-refractivity contribution >= 4 is 11.3 Å². The number of hydrogen-bond acceptors (Lipinski definition) is 3. The quantitative estimate of drug-likeness (QED) is 0.867. The van der Waals surface area contributed by atoms with E-state index < -0.39 is 0 Å². The molecule has 2 nitrogen and oxygen atoms in total. The van der Waals surface area contributed by atoms with Crippen LogP contribution in [0.5, 0.6) is 0 Å². The number of ether oxygens (including phenoxy) is 1. The third kappa shape index (κ3) is 3.54. The SMILES string of the molecule is CCC1CCCC(OC(CN)c2cccs2)C1. The molecule has 2 N–H and O–H groups in total. The third-order valence-electron chi connectivity index (χ3n) is 3.74. The Hall–Kier alpha value is -0.380. The molecule has 0 bridgehead atoms. The van der Waals surface area contributed by atoms with Gasteiger partial charge in [-0.1, -0.05) is 32.3 Å². The first-order valence-electron chi connectivity index (χ1n) is 6.72. The summed E-state index contributed by atoms with van der Waals surface area (Å²) in [6.45, 7) is 2.88. The van der Waals surface area contributed by atoms with Crippen molar-refractivity contribution in [2.24, 2.45) is 11.7 Å². The van der Waals surface area contributed by atoms with Gasteiger partial charge in [-0.25, -0.2) is 0 Å². The van der Waals surface area contributed by atoms with Gasteiger partial charge in [-0.2, -0.15) is 0 Å². The van der Waals surface area contributed by atoms with Gasteiger partial charge < -0.3 is 10.5 Å². The molecular weight excluding hydrogens is 230 g/mol. The van der Waals surface area contributed by atoms with Gasteiger partial charge >= 0.3 is 0 Å². The lowest BCUT2D eigenvalue weighted by Crippen LogP contribution is -2.27. The van der Waals surface area contributed by atoms with E-state index in [0.29, 0.717) is 12.6 Å². The Kier molecular flexibility index (Phi) is 5.01. The summed E-state index contributed by atoms with van der Waals surface area (Å²) < 4.78 is 6.20. The molecule has 1 aliphatic rings. The maximum atomic E-state index is 6.20. The summed E-state index contributed by atoms with van der Waals surface area (Å²) in [5.41, 5.74) is 5.83. The molecule has 3 atom stereocenters. The lowest BCUT2D eigenvalue weighted by atomic mass is 9.85. The minimum Gasteiger partial charge on any atom is -0.368 e. The third-order valence-corrected chi connectivity index (χ3v) is 4.71. The van der Waals surface area contributed by atoms with E-state index in [4.69, 9.17) is 10.5 Å². The number of thiophene rings is 1. The van der Waals surface area contributed by atoms with Crippen LogP contribution in [0, 0.1) is 5.92 Å². The van der Waals surface area contributed by atoms with Crippen molar-refractivity contribution < 1.29 is 4.74 Å². The molecule has 17 heavy (non-hydrogen) atoms. The van der Waals surface area contributed by atoms with Gasteiger partial charge in [0, 0.05) is 11.4 Å². The summed E-state index contributed by atoms with van der Waals surface area (Å²) in [4.78, 5) is 1.27. The zero-order chi connectivity index (χ0) is 12.1. The second kappa shape index (κ2) is 6.53. The standard InChI is InChI=1S/C14H23NOS/c1-2-11-5-3-6-12(9-11)16-13(10-15)14-7-4-8-17-14/h4,7-8,11-13H,2-3,5-6,9-10,15H2,1H3. The van der Waals surface area contributed by atoms with E-state index in [-0.39, 0.29) is 6.10 Å². The Morgan fingerprint density at radius 2 is 2.41 bits per heavy atom. The molecule has 96 valence electrons. The second-order valence-electron chi connectivity index (χ2n) is 4.94. The predicted molar refractivity (Wildman–Crippen MR) is 73.2 cm³/mol. The fraction of sp³-hybridized carbons (Fsp3) is 0.714. The molecule has 1 aromatic rings. The molecular formula is C14H23NOS. The average Bonchev–Trinajstić information content (AvgIpc) is 2.90. The highest BCUT2D eigenvalue weighted by atomic mass is 32.1. The summed E-state index contributed by atoms with van der Waals surface area (Å²) in [6, 6.07) is 4.20. The second-order valence-corrected chi connectivity index (χ2v) is 5.92. The minimum absolute atomic E-state index is 0.107. The van der Waals surface area contributed by atoms with Gasteiger partial charge in [-0.15, -0.1) is 11.3 Å². The zero-order valence-electron chi connectivity index (χ0n) is 10.6. The number of hydrogen-bond donors (Lipinski definition) is 1. The molecule has 0 aromatic carbocycles. The molecule has 1 saturated carbocycles. The fourth-order valence-electron chi connectivity index (χ4n) is 2.68. The van der Waals surface area contributed by atoms with Crippen molar-refractivity contribution in [2.75, 3.05) is 6.54 Å². The average molecular weight is 253 g/mol. The molecule has 1 aromatic heterocycles. The van der Waals surface area contributed by atoms with Gasteiger partial charge in [0.05, 0.1) is 6.10 Å². The van der Waals surface area contributed by atoms with E-state index in [9.17, 15) is 0 Å². The van der Waals surface area contributed by atoms with E-state index in [1.54, 1.807) is 11.3 Å². The molecule has 0 spiro atoms. The molecule has 3 unspecified atom stereocenters.